The number of benzene rings is 3. The lowest BCUT2D eigenvalue weighted by Crippen LogP contribution is -2.40. The fraction of sp³-hybridized carbons (Fsp3) is 0.320. The molecule has 0 atom stereocenters. The van der Waals surface area contributed by atoms with Gasteiger partial charge < -0.3 is 10.1 Å². The molecule has 4 rings (SSSR count). The smallest absolute Gasteiger partial charge is 0.241 e. The minimum absolute atomic E-state index is 0.276. The van der Waals surface area contributed by atoms with E-state index in [0.29, 0.717) is 12.2 Å². The van der Waals surface area contributed by atoms with Gasteiger partial charge in [0.25, 0.3) is 0 Å². The zero-order chi connectivity index (χ0) is 23.3. The van der Waals surface area contributed by atoms with Gasteiger partial charge in [-0.1, -0.05) is 60.7 Å². The van der Waals surface area contributed by atoms with Crippen molar-refractivity contribution in [2.24, 2.45) is 0 Å². The second kappa shape index (κ2) is 10.3. The highest BCUT2D eigenvalue weighted by molar-refractivity contribution is 7.92. The lowest BCUT2D eigenvalue weighted by Gasteiger charge is -2.26. The van der Waals surface area contributed by atoms with Crippen molar-refractivity contribution in [3.8, 4) is 0 Å². The molecular weight excluding hydrogens is 438 g/mol. The van der Waals surface area contributed by atoms with E-state index in [2.05, 4.69) is 22.3 Å². The monoisotopic (exact) mass is 467 g/mol. The molecule has 1 amide bonds. The molecule has 1 aliphatic rings. The van der Waals surface area contributed by atoms with Crippen LogP contribution in [-0.2, 0) is 32.6 Å². The largest absolute Gasteiger partial charge is 0.379 e. The van der Waals surface area contributed by atoms with Gasteiger partial charge in [-0.15, -0.1) is 0 Å². The van der Waals surface area contributed by atoms with Gasteiger partial charge in [0.1, 0.15) is 6.54 Å². The Bertz CT molecular complexity index is 1200. The van der Waals surface area contributed by atoms with Gasteiger partial charge >= 0.3 is 0 Å². The Kier molecular flexibility index (Phi) is 7.27. The van der Waals surface area contributed by atoms with Crippen LogP contribution in [0.5, 0.6) is 0 Å². The molecule has 0 aromatic heterocycles. The molecule has 174 valence electrons. The molecule has 1 aliphatic heterocycles. The third kappa shape index (κ3) is 6.10. The number of sulfonamides is 1. The summed E-state index contributed by atoms with van der Waals surface area (Å²) in [5, 5.41) is 4.55. The maximum absolute atomic E-state index is 12.7. The van der Waals surface area contributed by atoms with Gasteiger partial charge in [0.05, 0.1) is 25.2 Å². The Labute approximate surface area is 195 Å². The summed E-state index contributed by atoms with van der Waals surface area (Å²) in [5.74, 6) is -0.356. The maximum Gasteiger partial charge on any atom is 0.241 e. The number of nitrogens with one attached hydrogen (secondary N) is 1. The zero-order valence-electron chi connectivity index (χ0n) is 18.7. The summed E-state index contributed by atoms with van der Waals surface area (Å²) in [6.07, 6.45) is 1.12. The van der Waals surface area contributed by atoms with E-state index in [0.717, 1.165) is 59.7 Å². The topological polar surface area (TPSA) is 79.0 Å². The molecule has 0 bridgehead atoms. The highest BCUT2D eigenvalue weighted by atomic mass is 32.2. The number of hydrogen-bond donors (Lipinski definition) is 1. The molecule has 0 saturated carbocycles. The van der Waals surface area contributed by atoms with E-state index in [1.165, 1.54) is 5.56 Å². The fourth-order valence-corrected chi connectivity index (χ4v) is 4.84. The SMILES string of the molecule is CS(=O)(=O)N(CC(=O)NCc1ccc(CN2CCOCC2)cc1)c1cccc2ccccc12. The van der Waals surface area contributed by atoms with Crippen LogP contribution in [0, 0.1) is 0 Å². The molecule has 1 fully saturated rings. The van der Waals surface area contributed by atoms with Crippen LogP contribution in [0.3, 0.4) is 0 Å². The predicted octanol–water partition coefficient (Wildman–Crippen LogP) is 2.75. The molecule has 1 saturated heterocycles. The standard InChI is InChI=1S/C25H29N3O4S/c1-33(30,31)28(24-8-4-6-22-5-2-3-7-23(22)24)19-25(29)26-17-20-9-11-21(12-10-20)18-27-13-15-32-16-14-27/h2-12H,13-19H2,1H3,(H,26,29). The molecule has 33 heavy (non-hydrogen) atoms. The molecule has 1 N–H and O–H groups in total. The van der Waals surface area contributed by atoms with Crippen LogP contribution in [0.1, 0.15) is 11.1 Å². The molecule has 7 nitrogen and oxygen atoms in total. The Balaban J connectivity index is 1.39. The lowest BCUT2D eigenvalue weighted by atomic mass is 10.1. The minimum atomic E-state index is -3.65. The summed E-state index contributed by atoms with van der Waals surface area (Å²) in [5.41, 5.74) is 2.68. The van der Waals surface area contributed by atoms with Crippen LogP contribution >= 0.6 is 0 Å². The van der Waals surface area contributed by atoms with E-state index in [4.69, 9.17) is 4.74 Å². The molecule has 0 unspecified atom stereocenters. The van der Waals surface area contributed by atoms with Crippen LogP contribution in [0.2, 0.25) is 0 Å². The molecule has 1 heterocycles. The average molecular weight is 468 g/mol. The van der Waals surface area contributed by atoms with Crippen LogP contribution in [0.15, 0.2) is 66.7 Å². The first kappa shape index (κ1) is 23.2. The molecular formula is C25H29N3O4S. The number of ether oxygens (including phenoxy) is 1. The highest BCUT2D eigenvalue weighted by Crippen LogP contribution is 2.28. The Morgan fingerprint density at radius 3 is 2.36 bits per heavy atom. The van der Waals surface area contributed by atoms with E-state index >= 15 is 0 Å². The number of carbonyl (C=O) groups is 1. The summed E-state index contributed by atoms with van der Waals surface area (Å²) >= 11 is 0. The maximum atomic E-state index is 12.7. The van der Waals surface area contributed by atoms with E-state index in [9.17, 15) is 13.2 Å². The first-order chi connectivity index (χ1) is 15.9. The Hall–Kier alpha value is -2.94. The fourth-order valence-electron chi connectivity index (χ4n) is 3.97. The number of nitrogens with zero attached hydrogens (tertiary/aromatic N) is 2. The Morgan fingerprint density at radius 2 is 1.64 bits per heavy atom. The van der Waals surface area contributed by atoms with Crippen LogP contribution < -0.4 is 9.62 Å². The van der Waals surface area contributed by atoms with Gasteiger partial charge in [0.2, 0.25) is 15.9 Å². The molecule has 0 spiro atoms. The van der Waals surface area contributed by atoms with Crippen molar-refractivity contribution in [3.63, 3.8) is 0 Å². The van der Waals surface area contributed by atoms with Gasteiger partial charge in [0, 0.05) is 31.6 Å². The predicted molar refractivity (Wildman–Crippen MR) is 131 cm³/mol. The zero-order valence-corrected chi connectivity index (χ0v) is 19.6. The molecule has 0 aliphatic carbocycles. The first-order valence-electron chi connectivity index (χ1n) is 11.0. The number of rotatable bonds is 8. The van der Waals surface area contributed by atoms with Crippen molar-refractivity contribution in [1.29, 1.82) is 0 Å². The van der Waals surface area contributed by atoms with Crippen LogP contribution in [0.4, 0.5) is 5.69 Å². The van der Waals surface area contributed by atoms with Crippen molar-refractivity contribution in [1.82, 2.24) is 10.2 Å². The van der Waals surface area contributed by atoms with Crippen LogP contribution in [-0.4, -0.2) is 58.3 Å². The second-order valence-corrected chi connectivity index (χ2v) is 10.2. The van der Waals surface area contributed by atoms with Gasteiger partial charge in [-0.2, -0.15) is 0 Å². The van der Waals surface area contributed by atoms with Crippen molar-refractivity contribution >= 4 is 32.4 Å². The molecule has 3 aromatic rings. The number of fused-ring (bicyclic) bond motifs is 1. The quantitative estimate of drug-likeness (QED) is 0.551. The summed E-state index contributed by atoms with van der Waals surface area (Å²) in [6.45, 7) is 4.35. The average Bonchev–Trinajstić information content (AvgIpc) is 2.82. The van der Waals surface area contributed by atoms with Crippen molar-refractivity contribution in [2.75, 3.05) is 43.4 Å². The summed E-state index contributed by atoms with van der Waals surface area (Å²) in [7, 11) is -3.65. The summed E-state index contributed by atoms with van der Waals surface area (Å²) in [6, 6.07) is 21.1. The van der Waals surface area contributed by atoms with Crippen molar-refractivity contribution in [3.05, 3.63) is 77.9 Å². The second-order valence-electron chi connectivity index (χ2n) is 8.25. The molecule has 0 radical (unpaired) electrons. The number of carbonyl (C=O) groups excluding carboxylic acids is 1. The van der Waals surface area contributed by atoms with Gasteiger partial charge in [-0.3, -0.25) is 14.0 Å². The third-order valence-corrected chi connectivity index (χ3v) is 6.87. The van der Waals surface area contributed by atoms with Crippen molar-refractivity contribution < 1.29 is 17.9 Å². The number of amides is 1. The van der Waals surface area contributed by atoms with Crippen molar-refractivity contribution in [2.45, 2.75) is 13.1 Å². The summed E-state index contributed by atoms with van der Waals surface area (Å²) < 4.78 is 31.6. The number of morpholine rings is 1. The third-order valence-electron chi connectivity index (χ3n) is 5.75. The van der Waals surface area contributed by atoms with Gasteiger partial charge in [-0.05, 0) is 22.6 Å². The Morgan fingerprint density at radius 1 is 0.970 bits per heavy atom. The minimum Gasteiger partial charge on any atom is -0.379 e. The van der Waals surface area contributed by atoms with Gasteiger partial charge in [-0.25, -0.2) is 8.42 Å². The number of anilines is 1. The van der Waals surface area contributed by atoms with Crippen LogP contribution in [0.25, 0.3) is 10.8 Å². The number of hydrogen-bond acceptors (Lipinski definition) is 5. The van der Waals surface area contributed by atoms with Gasteiger partial charge in [0.15, 0.2) is 0 Å². The highest BCUT2D eigenvalue weighted by Gasteiger charge is 2.22. The van der Waals surface area contributed by atoms with E-state index in [-0.39, 0.29) is 12.5 Å². The summed E-state index contributed by atoms with van der Waals surface area (Å²) in [4.78, 5) is 15.0. The van der Waals surface area contributed by atoms with E-state index < -0.39 is 10.0 Å². The lowest BCUT2D eigenvalue weighted by molar-refractivity contribution is -0.119. The van der Waals surface area contributed by atoms with E-state index in [1.54, 1.807) is 12.1 Å². The van der Waals surface area contributed by atoms with E-state index in [1.807, 2.05) is 42.5 Å². The molecule has 8 heteroatoms. The molecule has 3 aromatic carbocycles. The first-order valence-corrected chi connectivity index (χ1v) is 12.8. The normalized spacial score (nSPS) is 14.8.